The minimum Gasteiger partial charge on any atom is -0.507 e. The number of nitrogens with zero attached hydrogens (tertiary/aromatic N) is 1. The van der Waals surface area contributed by atoms with Crippen molar-refractivity contribution >= 4 is 23.0 Å². The van der Waals surface area contributed by atoms with E-state index in [-0.39, 0.29) is 5.75 Å². The third-order valence-corrected chi connectivity index (χ3v) is 2.31. The summed E-state index contributed by atoms with van der Waals surface area (Å²) >= 11 is 0. The first-order chi connectivity index (χ1) is 8.18. The number of hydrazone groups is 1. The molecule has 0 bridgehead atoms. The van der Waals surface area contributed by atoms with Gasteiger partial charge in [-0.15, -0.1) is 0 Å². The number of benzene rings is 2. The minimum absolute atomic E-state index is 0.123. The van der Waals surface area contributed by atoms with Crippen LogP contribution in [0.4, 0.5) is 4.79 Å². The van der Waals surface area contributed by atoms with Crippen LogP contribution in [-0.2, 0) is 0 Å². The number of hydrogen-bond donors (Lipinski definition) is 3. The number of nitrogens with one attached hydrogen (secondary N) is 1. The SMILES string of the molecule is NC(=O)NN=Cc1ccc2ccccc2c1O. The Morgan fingerprint density at radius 2 is 2.06 bits per heavy atom. The van der Waals surface area contributed by atoms with E-state index < -0.39 is 6.03 Å². The molecule has 2 aromatic carbocycles. The maximum absolute atomic E-state index is 10.4. The zero-order chi connectivity index (χ0) is 12.3. The van der Waals surface area contributed by atoms with Crippen molar-refractivity contribution in [3.63, 3.8) is 0 Å². The number of primary amides is 1. The number of hydrogen-bond acceptors (Lipinski definition) is 3. The van der Waals surface area contributed by atoms with E-state index in [4.69, 9.17) is 5.73 Å². The Morgan fingerprint density at radius 1 is 1.29 bits per heavy atom. The molecule has 0 heterocycles. The third kappa shape index (κ3) is 2.34. The second-order valence-corrected chi connectivity index (χ2v) is 3.46. The molecule has 2 rings (SSSR count). The van der Waals surface area contributed by atoms with Gasteiger partial charge < -0.3 is 10.8 Å². The Hall–Kier alpha value is -2.56. The van der Waals surface area contributed by atoms with Crippen LogP contribution < -0.4 is 11.2 Å². The largest absolute Gasteiger partial charge is 0.507 e. The Labute approximate surface area is 97.6 Å². The van der Waals surface area contributed by atoms with Gasteiger partial charge in [-0.05, 0) is 11.5 Å². The van der Waals surface area contributed by atoms with Crippen LogP contribution in [0.25, 0.3) is 10.8 Å². The van der Waals surface area contributed by atoms with E-state index in [0.29, 0.717) is 5.56 Å². The van der Waals surface area contributed by atoms with Crippen LogP contribution in [0.15, 0.2) is 41.5 Å². The molecule has 86 valence electrons. The highest BCUT2D eigenvalue weighted by Crippen LogP contribution is 2.27. The summed E-state index contributed by atoms with van der Waals surface area (Å²) in [6, 6.07) is 10.3. The molecule has 0 aliphatic heterocycles. The van der Waals surface area contributed by atoms with Gasteiger partial charge in [-0.2, -0.15) is 5.10 Å². The maximum atomic E-state index is 10.4. The van der Waals surface area contributed by atoms with E-state index in [1.807, 2.05) is 30.3 Å². The maximum Gasteiger partial charge on any atom is 0.332 e. The molecule has 0 radical (unpaired) electrons. The number of amides is 2. The Kier molecular flexibility index (Phi) is 2.91. The van der Waals surface area contributed by atoms with Crippen LogP contribution in [0.1, 0.15) is 5.56 Å². The van der Waals surface area contributed by atoms with Crippen molar-refractivity contribution in [2.24, 2.45) is 10.8 Å². The number of aromatic hydroxyl groups is 1. The van der Waals surface area contributed by atoms with Crippen molar-refractivity contribution in [1.82, 2.24) is 5.43 Å². The average molecular weight is 229 g/mol. The van der Waals surface area contributed by atoms with E-state index in [9.17, 15) is 9.90 Å². The summed E-state index contributed by atoms with van der Waals surface area (Å²) in [6.45, 7) is 0. The number of nitrogens with two attached hydrogens (primary N) is 1. The predicted molar refractivity (Wildman–Crippen MR) is 65.9 cm³/mol. The molecule has 4 N–H and O–H groups in total. The van der Waals surface area contributed by atoms with Crippen molar-refractivity contribution in [1.29, 1.82) is 0 Å². The molecule has 0 aliphatic rings. The van der Waals surface area contributed by atoms with Crippen molar-refractivity contribution in [2.45, 2.75) is 0 Å². The summed E-state index contributed by atoms with van der Waals surface area (Å²) in [7, 11) is 0. The summed E-state index contributed by atoms with van der Waals surface area (Å²) in [5.41, 5.74) is 7.44. The monoisotopic (exact) mass is 229 g/mol. The number of fused-ring (bicyclic) bond motifs is 1. The molecule has 2 amide bonds. The highest BCUT2D eigenvalue weighted by Gasteiger charge is 2.03. The first kappa shape index (κ1) is 10.9. The van der Waals surface area contributed by atoms with Gasteiger partial charge in [0.05, 0.1) is 6.21 Å². The van der Waals surface area contributed by atoms with E-state index in [0.717, 1.165) is 10.8 Å². The highest BCUT2D eigenvalue weighted by molar-refractivity contribution is 5.97. The van der Waals surface area contributed by atoms with Gasteiger partial charge in [0, 0.05) is 10.9 Å². The lowest BCUT2D eigenvalue weighted by Gasteiger charge is -2.03. The van der Waals surface area contributed by atoms with Gasteiger partial charge in [-0.1, -0.05) is 30.3 Å². The van der Waals surface area contributed by atoms with Gasteiger partial charge in [0.25, 0.3) is 0 Å². The third-order valence-electron chi connectivity index (χ3n) is 2.31. The number of carbonyl (C=O) groups excluding carboxylic acids is 1. The molecule has 0 aromatic heterocycles. The zero-order valence-corrected chi connectivity index (χ0v) is 8.92. The van der Waals surface area contributed by atoms with E-state index >= 15 is 0 Å². The van der Waals surface area contributed by atoms with Crippen LogP contribution in [0, 0.1) is 0 Å². The van der Waals surface area contributed by atoms with Crippen molar-refractivity contribution < 1.29 is 9.90 Å². The number of phenolic OH excluding ortho intramolecular Hbond substituents is 1. The molecule has 0 fully saturated rings. The van der Waals surface area contributed by atoms with Gasteiger partial charge in [0.1, 0.15) is 5.75 Å². The van der Waals surface area contributed by atoms with Crippen LogP contribution in [-0.4, -0.2) is 17.4 Å². The quantitative estimate of drug-likeness (QED) is 0.539. The lowest BCUT2D eigenvalue weighted by Crippen LogP contribution is -2.24. The molecule has 0 spiro atoms. The number of rotatable bonds is 2. The number of phenols is 1. The summed E-state index contributed by atoms with van der Waals surface area (Å²) < 4.78 is 0. The topological polar surface area (TPSA) is 87.7 Å². The lowest BCUT2D eigenvalue weighted by atomic mass is 10.1. The number of carbonyl (C=O) groups is 1. The molecular weight excluding hydrogens is 218 g/mol. The first-order valence-corrected chi connectivity index (χ1v) is 4.97. The molecule has 0 atom stereocenters. The second kappa shape index (κ2) is 4.52. The fourth-order valence-corrected chi connectivity index (χ4v) is 1.54. The molecule has 0 saturated carbocycles. The molecule has 5 nitrogen and oxygen atoms in total. The molecule has 0 aliphatic carbocycles. The molecule has 5 heteroatoms. The molecule has 0 saturated heterocycles. The summed E-state index contributed by atoms with van der Waals surface area (Å²) in [4.78, 5) is 10.4. The van der Waals surface area contributed by atoms with E-state index in [1.54, 1.807) is 6.07 Å². The smallest absolute Gasteiger partial charge is 0.332 e. The Balaban J connectivity index is 2.39. The normalized spacial score (nSPS) is 10.8. The van der Waals surface area contributed by atoms with Gasteiger partial charge in [-0.25, -0.2) is 10.2 Å². The summed E-state index contributed by atoms with van der Waals surface area (Å²) in [5, 5.41) is 15.2. The van der Waals surface area contributed by atoms with Crippen molar-refractivity contribution in [2.75, 3.05) is 0 Å². The second-order valence-electron chi connectivity index (χ2n) is 3.46. The van der Waals surface area contributed by atoms with Gasteiger partial charge in [0.15, 0.2) is 0 Å². The van der Waals surface area contributed by atoms with Crippen molar-refractivity contribution in [3.8, 4) is 5.75 Å². The van der Waals surface area contributed by atoms with Gasteiger partial charge in [-0.3, -0.25) is 0 Å². The van der Waals surface area contributed by atoms with Gasteiger partial charge in [0.2, 0.25) is 0 Å². The van der Waals surface area contributed by atoms with E-state index in [1.165, 1.54) is 6.21 Å². The average Bonchev–Trinajstić information content (AvgIpc) is 2.32. The standard InChI is InChI=1S/C12H11N3O2/c13-12(17)15-14-7-9-6-5-8-3-1-2-4-10(8)11(9)16/h1-7,16H,(H3,13,15,17). The first-order valence-electron chi connectivity index (χ1n) is 4.97. The highest BCUT2D eigenvalue weighted by atomic mass is 16.3. The van der Waals surface area contributed by atoms with Crippen LogP contribution >= 0.6 is 0 Å². The van der Waals surface area contributed by atoms with Gasteiger partial charge >= 0.3 is 6.03 Å². The molecule has 17 heavy (non-hydrogen) atoms. The molecule has 0 unspecified atom stereocenters. The fourth-order valence-electron chi connectivity index (χ4n) is 1.54. The lowest BCUT2D eigenvalue weighted by molar-refractivity contribution is 0.249. The Morgan fingerprint density at radius 3 is 2.82 bits per heavy atom. The molecule has 2 aromatic rings. The van der Waals surface area contributed by atoms with Crippen molar-refractivity contribution in [3.05, 3.63) is 42.0 Å². The summed E-state index contributed by atoms with van der Waals surface area (Å²) in [6.07, 6.45) is 1.34. The van der Waals surface area contributed by atoms with Crippen LogP contribution in [0.3, 0.4) is 0 Å². The van der Waals surface area contributed by atoms with Crippen LogP contribution in [0.2, 0.25) is 0 Å². The van der Waals surface area contributed by atoms with Crippen LogP contribution in [0.5, 0.6) is 5.75 Å². The predicted octanol–water partition coefficient (Wildman–Crippen LogP) is 1.55. The number of urea groups is 1. The fraction of sp³-hybridized carbons (Fsp3) is 0. The minimum atomic E-state index is -0.749. The summed E-state index contributed by atoms with van der Waals surface area (Å²) in [5.74, 6) is 0.123. The molecular formula is C12H11N3O2. The zero-order valence-electron chi connectivity index (χ0n) is 8.92. The van der Waals surface area contributed by atoms with E-state index in [2.05, 4.69) is 10.5 Å². The Bertz CT molecular complexity index is 593.